The molecule has 0 atom stereocenters. The van der Waals surface area contributed by atoms with Crippen molar-refractivity contribution in [1.82, 2.24) is 19.1 Å². The molecule has 31 heavy (non-hydrogen) atoms. The lowest BCUT2D eigenvalue weighted by Crippen LogP contribution is -2.31. The SMILES string of the molecule is CCN(CC)S(=O)(=O)c1cc(NC(=O)CSc2nncn2-c2ccccc2)ccc1C. The van der Waals surface area contributed by atoms with Gasteiger partial charge in [0.1, 0.15) is 6.33 Å². The van der Waals surface area contributed by atoms with Gasteiger partial charge in [0, 0.05) is 24.5 Å². The van der Waals surface area contributed by atoms with E-state index < -0.39 is 10.0 Å². The molecule has 0 unspecified atom stereocenters. The lowest BCUT2D eigenvalue weighted by Gasteiger charge is -2.20. The number of thioether (sulfide) groups is 1. The van der Waals surface area contributed by atoms with Crippen LogP contribution in [0, 0.1) is 6.92 Å². The Hall–Kier alpha value is -2.69. The highest BCUT2D eigenvalue weighted by atomic mass is 32.2. The van der Waals surface area contributed by atoms with Gasteiger partial charge in [0.15, 0.2) is 5.16 Å². The fourth-order valence-corrected chi connectivity index (χ4v) is 5.51. The van der Waals surface area contributed by atoms with Crippen molar-refractivity contribution in [2.45, 2.75) is 30.8 Å². The van der Waals surface area contributed by atoms with Crippen molar-refractivity contribution < 1.29 is 13.2 Å². The van der Waals surface area contributed by atoms with Crippen molar-refractivity contribution >= 4 is 33.4 Å². The molecule has 0 saturated heterocycles. The normalized spacial score (nSPS) is 11.6. The molecule has 8 nitrogen and oxygen atoms in total. The van der Waals surface area contributed by atoms with Crippen molar-refractivity contribution in [2.75, 3.05) is 24.2 Å². The molecule has 0 aliphatic rings. The summed E-state index contributed by atoms with van der Waals surface area (Å²) in [6.45, 7) is 6.11. The highest BCUT2D eigenvalue weighted by Gasteiger charge is 2.24. The largest absolute Gasteiger partial charge is 0.325 e. The van der Waals surface area contributed by atoms with Crippen LogP contribution in [0.4, 0.5) is 5.69 Å². The summed E-state index contributed by atoms with van der Waals surface area (Å²) in [6.07, 6.45) is 1.60. The molecule has 0 bridgehead atoms. The van der Waals surface area contributed by atoms with Crippen LogP contribution < -0.4 is 5.32 Å². The van der Waals surface area contributed by atoms with Crippen LogP contribution in [0.5, 0.6) is 0 Å². The first-order valence-corrected chi connectivity index (χ1v) is 12.3. The predicted octanol–water partition coefficient (Wildman–Crippen LogP) is 3.34. The molecule has 10 heteroatoms. The Bertz CT molecular complexity index is 1140. The van der Waals surface area contributed by atoms with Crippen LogP contribution in [-0.2, 0) is 14.8 Å². The first-order chi connectivity index (χ1) is 14.9. The summed E-state index contributed by atoms with van der Waals surface area (Å²) < 4.78 is 29.0. The van der Waals surface area contributed by atoms with Gasteiger partial charge >= 0.3 is 0 Å². The summed E-state index contributed by atoms with van der Waals surface area (Å²) in [6, 6.07) is 14.5. The van der Waals surface area contributed by atoms with Gasteiger partial charge in [0.05, 0.1) is 10.6 Å². The Kier molecular flexibility index (Phi) is 7.47. The number of carbonyl (C=O) groups excluding carboxylic acids is 1. The van der Waals surface area contributed by atoms with Gasteiger partial charge in [-0.15, -0.1) is 10.2 Å². The van der Waals surface area contributed by atoms with Gasteiger partial charge in [-0.1, -0.05) is 49.9 Å². The Morgan fingerprint density at radius 3 is 2.52 bits per heavy atom. The molecule has 3 rings (SSSR count). The second-order valence-corrected chi connectivity index (χ2v) is 9.57. The van der Waals surface area contributed by atoms with Crippen molar-refractivity contribution in [3.05, 3.63) is 60.4 Å². The first-order valence-electron chi connectivity index (χ1n) is 9.85. The standard InChI is InChI=1S/C21H25N5O3S2/c1-4-25(5-2)31(28,29)19-13-17(12-11-16(19)3)23-20(27)14-30-21-24-22-15-26(21)18-9-7-6-8-10-18/h6-13,15H,4-5,14H2,1-3H3,(H,23,27). The fraction of sp³-hybridized carbons (Fsp3) is 0.286. The number of sulfonamides is 1. The van der Waals surface area contributed by atoms with Crippen LogP contribution in [0.25, 0.3) is 5.69 Å². The van der Waals surface area contributed by atoms with E-state index in [9.17, 15) is 13.2 Å². The maximum Gasteiger partial charge on any atom is 0.243 e. The van der Waals surface area contributed by atoms with E-state index in [4.69, 9.17) is 0 Å². The van der Waals surface area contributed by atoms with Gasteiger partial charge in [-0.25, -0.2) is 8.42 Å². The van der Waals surface area contributed by atoms with Crippen LogP contribution in [0.3, 0.4) is 0 Å². The fourth-order valence-electron chi connectivity index (χ4n) is 3.07. The smallest absolute Gasteiger partial charge is 0.243 e. The van der Waals surface area contributed by atoms with Gasteiger partial charge in [-0.3, -0.25) is 9.36 Å². The Balaban J connectivity index is 1.71. The Morgan fingerprint density at radius 2 is 1.84 bits per heavy atom. The second kappa shape index (κ2) is 10.1. The number of para-hydroxylation sites is 1. The van der Waals surface area contributed by atoms with Gasteiger partial charge in [0.2, 0.25) is 15.9 Å². The van der Waals surface area contributed by atoms with E-state index in [1.807, 2.05) is 30.3 Å². The van der Waals surface area contributed by atoms with E-state index in [1.54, 1.807) is 43.8 Å². The molecule has 1 amide bonds. The van der Waals surface area contributed by atoms with E-state index >= 15 is 0 Å². The molecule has 1 heterocycles. The number of nitrogens with one attached hydrogen (secondary N) is 1. The number of carbonyl (C=O) groups is 1. The highest BCUT2D eigenvalue weighted by molar-refractivity contribution is 7.99. The van der Waals surface area contributed by atoms with Crippen LogP contribution in [0.15, 0.2) is 64.9 Å². The Morgan fingerprint density at radius 1 is 1.13 bits per heavy atom. The molecule has 1 aromatic heterocycles. The zero-order valence-electron chi connectivity index (χ0n) is 17.6. The van der Waals surface area contributed by atoms with Crippen LogP contribution in [0.2, 0.25) is 0 Å². The van der Waals surface area contributed by atoms with Gasteiger partial charge in [0.25, 0.3) is 0 Å². The lowest BCUT2D eigenvalue weighted by molar-refractivity contribution is -0.113. The average molecular weight is 460 g/mol. The monoisotopic (exact) mass is 459 g/mol. The molecule has 0 aliphatic heterocycles. The minimum Gasteiger partial charge on any atom is -0.325 e. The van der Waals surface area contributed by atoms with Crippen molar-refractivity contribution in [2.24, 2.45) is 0 Å². The molecule has 0 fully saturated rings. The maximum absolute atomic E-state index is 12.9. The third-order valence-corrected chi connectivity index (χ3v) is 7.81. The van der Waals surface area contributed by atoms with Crippen molar-refractivity contribution in [3.8, 4) is 5.69 Å². The van der Waals surface area contributed by atoms with Gasteiger partial charge in [-0.05, 0) is 36.8 Å². The summed E-state index contributed by atoms with van der Waals surface area (Å²) in [5, 5.41) is 11.4. The van der Waals surface area contributed by atoms with Crippen molar-refractivity contribution in [1.29, 1.82) is 0 Å². The van der Waals surface area contributed by atoms with E-state index in [0.717, 1.165) is 5.69 Å². The zero-order valence-corrected chi connectivity index (χ0v) is 19.3. The molecule has 2 aromatic carbocycles. The van der Waals surface area contributed by atoms with E-state index in [0.29, 0.717) is 29.5 Å². The summed E-state index contributed by atoms with van der Waals surface area (Å²) in [5.74, 6) is -0.153. The first kappa shape index (κ1) is 23.0. The molecule has 0 radical (unpaired) electrons. The third-order valence-electron chi connectivity index (χ3n) is 4.68. The number of rotatable bonds is 9. The number of hydrogen-bond donors (Lipinski definition) is 1. The van der Waals surface area contributed by atoms with Gasteiger partial charge in [-0.2, -0.15) is 4.31 Å². The van der Waals surface area contributed by atoms with E-state index in [-0.39, 0.29) is 16.6 Å². The van der Waals surface area contributed by atoms with Gasteiger partial charge < -0.3 is 5.32 Å². The summed E-state index contributed by atoms with van der Waals surface area (Å²) in [7, 11) is -3.62. The number of anilines is 1. The van der Waals surface area contributed by atoms with Crippen LogP contribution in [0.1, 0.15) is 19.4 Å². The molecule has 0 spiro atoms. The van der Waals surface area contributed by atoms with E-state index in [1.165, 1.54) is 22.1 Å². The maximum atomic E-state index is 12.9. The highest BCUT2D eigenvalue weighted by Crippen LogP contribution is 2.24. The summed E-state index contributed by atoms with van der Waals surface area (Å²) >= 11 is 1.25. The second-order valence-electron chi connectivity index (χ2n) is 6.73. The minimum atomic E-state index is -3.62. The molecule has 3 aromatic rings. The number of hydrogen-bond acceptors (Lipinski definition) is 6. The topological polar surface area (TPSA) is 97.2 Å². The van der Waals surface area contributed by atoms with Crippen molar-refractivity contribution in [3.63, 3.8) is 0 Å². The Labute approximate surface area is 186 Å². The molecular weight excluding hydrogens is 434 g/mol. The predicted molar refractivity (Wildman–Crippen MR) is 122 cm³/mol. The lowest BCUT2D eigenvalue weighted by atomic mass is 10.2. The molecule has 164 valence electrons. The molecule has 0 saturated carbocycles. The molecule has 1 N–H and O–H groups in total. The number of aryl methyl sites for hydroxylation is 1. The van der Waals surface area contributed by atoms with E-state index in [2.05, 4.69) is 15.5 Å². The molecular formula is C21H25N5O3S2. The van der Waals surface area contributed by atoms with Crippen LogP contribution in [-0.4, -0.2) is 52.2 Å². The quantitative estimate of drug-likeness (QED) is 0.493. The van der Waals surface area contributed by atoms with Crippen LogP contribution >= 0.6 is 11.8 Å². The minimum absolute atomic E-state index is 0.109. The molecule has 0 aliphatic carbocycles. The number of nitrogens with zero attached hydrogens (tertiary/aromatic N) is 4. The third kappa shape index (κ3) is 5.33. The number of aromatic nitrogens is 3. The number of benzene rings is 2. The zero-order chi connectivity index (χ0) is 22.4. The summed E-state index contributed by atoms with van der Waals surface area (Å²) in [4.78, 5) is 12.7. The summed E-state index contributed by atoms with van der Waals surface area (Å²) in [5.41, 5.74) is 1.97. The average Bonchev–Trinajstić information content (AvgIpc) is 3.23. The number of amides is 1.